The van der Waals surface area contributed by atoms with Gasteiger partial charge in [0.2, 0.25) is 0 Å². The number of thiazole rings is 1. The van der Waals surface area contributed by atoms with Crippen molar-refractivity contribution in [2.75, 3.05) is 5.88 Å². The molecule has 0 atom stereocenters. The van der Waals surface area contributed by atoms with E-state index in [9.17, 15) is 4.79 Å². The van der Waals surface area contributed by atoms with Crippen LogP contribution >= 0.6 is 22.9 Å². The van der Waals surface area contributed by atoms with Gasteiger partial charge in [0.25, 0.3) is 0 Å². The van der Waals surface area contributed by atoms with Crippen LogP contribution in [0, 0.1) is 0 Å². The molecule has 2 aromatic rings. The van der Waals surface area contributed by atoms with Crippen molar-refractivity contribution in [1.29, 1.82) is 0 Å². The van der Waals surface area contributed by atoms with Gasteiger partial charge in [-0.3, -0.25) is 4.79 Å². The molecule has 2 rings (SSSR count). The van der Waals surface area contributed by atoms with E-state index in [0.29, 0.717) is 5.88 Å². The number of hydrogen-bond donors (Lipinski definition) is 0. The van der Waals surface area contributed by atoms with Gasteiger partial charge in [-0.25, -0.2) is 0 Å². The van der Waals surface area contributed by atoms with Gasteiger partial charge in [-0.15, -0.1) is 11.6 Å². The Bertz CT molecular complexity index is 529. The van der Waals surface area contributed by atoms with E-state index in [4.69, 9.17) is 11.6 Å². The summed E-state index contributed by atoms with van der Waals surface area (Å²) in [4.78, 5) is 11.5. The van der Waals surface area contributed by atoms with Gasteiger partial charge in [0, 0.05) is 12.9 Å². The molecule has 80 valence electrons. The molecule has 1 aromatic heterocycles. The lowest BCUT2D eigenvalue weighted by molar-refractivity contribution is 0.924. The number of hydrogen-bond acceptors (Lipinski definition) is 2. The third kappa shape index (κ3) is 2.08. The summed E-state index contributed by atoms with van der Waals surface area (Å²) in [5, 5.41) is 0. The number of rotatable bonds is 3. The summed E-state index contributed by atoms with van der Waals surface area (Å²) < 4.78 is 2.75. The quantitative estimate of drug-likeness (QED) is 0.758. The van der Waals surface area contributed by atoms with Crippen LogP contribution in [0.1, 0.15) is 12.0 Å². The number of alkyl halides is 1. The number of aryl methyl sites for hydroxylation is 2. The van der Waals surface area contributed by atoms with Crippen molar-refractivity contribution in [1.82, 2.24) is 4.57 Å². The molecule has 0 saturated carbocycles. The summed E-state index contributed by atoms with van der Waals surface area (Å²) in [7, 11) is 1.81. The highest BCUT2D eigenvalue weighted by atomic mass is 35.5. The molecule has 2 nitrogen and oxygen atoms in total. The van der Waals surface area contributed by atoms with Crippen LogP contribution in [0.3, 0.4) is 0 Å². The summed E-state index contributed by atoms with van der Waals surface area (Å²) in [5.41, 5.74) is 2.27. The first-order valence-electron chi connectivity index (χ1n) is 4.87. The van der Waals surface area contributed by atoms with Crippen LogP contribution in [0.15, 0.2) is 23.0 Å². The van der Waals surface area contributed by atoms with E-state index in [1.807, 2.05) is 6.07 Å². The Hall–Kier alpha value is -0.800. The van der Waals surface area contributed by atoms with Crippen LogP contribution in [-0.4, -0.2) is 10.4 Å². The summed E-state index contributed by atoms with van der Waals surface area (Å²) >= 11 is 6.95. The molecule has 0 amide bonds. The maximum Gasteiger partial charge on any atom is 0.307 e. The lowest BCUT2D eigenvalue weighted by atomic mass is 10.1. The van der Waals surface area contributed by atoms with Crippen LogP contribution in [0.2, 0.25) is 0 Å². The minimum absolute atomic E-state index is 0.0968. The van der Waals surface area contributed by atoms with Gasteiger partial charge in [-0.05, 0) is 30.5 Å². The monoisotopic (exact) mass is 241 g/mol. The molecule has 0 unspecified atom stereocenters. The zero-order valence-corrected chi connectivity index (χ0v) is 10.1. The fourth-order valence-electron chi connectivity index (χ4n) is 1.60. The second-order valence-electron chi connectivity index (χ2n) is 3.52. The van der Waals surface area contributed by atoms with E-state index >= 15 is 0 Å². The third-order valence-electron chi connectivity index (χ3n) is 2.46. The summed E-state index contributed by atoms with van der Waals surface area (Å²) in [6.07, 6.45) is 1.96. The van der Waals surface area contributed by atoms with Crippen molar-refractivity contribution in [3.63, 3.8) is 0 Å². The Morgan fingerprint density at radius 1 is 1.47 bits per heavy atom. The molecule has 0 radical (unpaired) electrons. The Kier molecular flexibility index (Phi) is 3.12. The highest BCUT2D eigenvalue weighted by Crippen LogP contribution is 2.19. The lowest BCUT2D eigenvalue weighted by Gasteiger charge is -1.99. The van der Waals surface area contributed by atoms with Crippen LogP contribution in [0.25, 0.3) is 10.2 Å². The lowest BCUT2D eigenvalue weighted by Crippen LogP contribution is -2.06. The first kappa shape index (κ1) is 10.7. The maximum atomic E-state index is 11.4. The standard InChI is InChI=1S/C11H12ClNOS/c1-13-9-5-4-8(3-2-6-12)7-10(9)15-11(13)14/h4-5,7H,2-3,6H2,1H3. The molecule has 0 N–H and O–H groups in total. The Morgan fingerprint density at radius 2 is 2.27 bits per heavy atom. The van der Waals surface area contributed by atoms with Crippen LogP contribution in [-0.2, 0) is 13.5 Å². The van der Waals surface area contributed by atoms with Gasteiger partial charge < -0.3 is 4.57 Å². The highest BCUT2D eigenvalue weighted by Gasteiger charge is 2.04. The number of benzene rings is 1. The molecule has 0 saturated heterocycles. The van der Waals surface area contributed by atoms with Gasteiger partial charge in [-0.2, -0.15) is 0 Å². The smallest absolute Gasteiger partial charge is 0.302 e. The summed E-state index contributed by atoms with van der Waals surface area (Å²) in [6, 6.07) is 6.17. The molecular formula is C11H12ClNOS. The summed E-state index contributed by atoms with van der Waals surface area (Å²) in [6.45, 7) is 0. The number of nitrogens with zero attached hydrogens (tertiary/aromatic N) is 1. The highest BCUT2D eigenvalue weighted by molar-refractivity contribution is 7.16. The van der Waals surface area contributed by atoms with E-state index in [1.165, 1.54) is 16.9 Å². The van der Waals surface area contributed by atoms with E-state index in [2.05, 4.69) is 12.1 Å². The Morgan fingerprint density at radius 3 is 3.00 bits per heavy atom. The maximum absolute atomic E-state index is 11.4. The van der Waals surface area contributed by atoms with Crippen molar-refractivity contribution in [2.24, 2.45) is 7.05 Å². The Balaban J connectivity index is 2.43. The zero-order chi connectivity index (χ0) is 10.8. The first-order valence-corrected chi connectivity index (χ1v) is 6.22. The van der Waals surface area contributed by atoms with E-state index in [1.54, 1.807) is 11.6 Å². The predicted octanol–water partition coefficient (Wildman–Crippen LogP) is 2.77. The van der Waals surface area contributed by atoms with Crippen molar-refractivity contribution < 1.29 is 0 Å². The average molecular weight is 242 g/mol. The van der Waals surface area contributed by atoms with Crippen molar-refractivity contribution in [2.45, 2.75) is 12.8 Å². The molecule has 0 aliphatic heterocycles. The van der Waals surface area contributed by atoms with E-state index in [-0.39, 0.29) is 4.87 Å². The minimum atomic E-state index is 0.0968. The van der Waals surface area contributed by atoms with E-state index in [0.717, 1.165) is 23.1 Å². The number of halogens is 1. The molecule has 15 heavy (non-hydrogen) atoms. The Labute approximate surface area is 97.1 Å². The second kappa shape index (κ2) is 4.37. The average Bonchev–Trinajstić information content (AvgIpc) is 2.52. The van der Waals surface area contributed by atoms with Gasteiger partial charge >= 0.3 is 4.87 Å². The van der Waals surface area contributed by atoms with Gasteiger partial charge in [-0.1, -0.05) is 17.4 Å². The molecule has 4 heteroatoms. The van der Waals surface area contributed by atoms with Gasteiger partial charge in [0.15, 0.2) is 0 Å². The molecule has 1 heterocycles. The molecule has 0 aliphatic rings. The van der Waals surface area contributed by atoms with Gasteiger partial charge in [0.05, 0.1) is 10.2 Å². The predicted molar refractivity (Wildman–Crippen MR) is 66.1 cm³/mol. The van der Waals surface area contributed by atoms with Crippen LogP contribution in [0.5, 0.6) is 0 Å². The second-order valence-corrected chi connectivity index (χ2v) is 4.89. The fourth-order valence-corrected chi connectivity index (χ4v) is 2.68. The molecule has 0 fully saturated rings. The molecule has 0 aliphatic carbocycles. The zero-order valence-electron chi connectivity index (χ0n) is 8.50. The van der Waals surface area contributed by atoms with Gasteiger partial charge in [0.1, 0.15) is 0 Å². The molecule has 0 bridgehead atoms. The van der Waals surface area contributed by atoms with Crippen LogP contribution in [0.4, 0.5) is 0 Å². The molecule has 1 aromatic carbocycles. The van der Waals surface area contributed by atoms with E-state index < -0.39 is 0 Å². The van der Waals surface area contributed by atoms with Crippen molar-refractivity contribution in [3.8, 4) is 0 Å². The molecular weight excluding hydrogens is 230 g/mol. The largest absolute Gasteiger partial charge is 0.307 e. The fraction of sp³-hybridized carbons (Fsp3) is 0.364. The normalized spacial score (nSPS) is 11.1. The third-order valence-corrected chi connectivity index (χ3v) is 3.72. The van der Waals surface area contributed by atoms with Crippen molar-refractivity contribution >= 4 is 33.2 Å². The van der Waals surface area contributed by atoms with Crippen LogP contribution < -0.4 is 4.87 Å². The summed E-state index contributed by atoms with van der Waals surface area (Å²) in [5.74, 6) is 0.684. The number of fused-ring (bicyclic) bond motifs is 1. The topological polar surface area (TPSA) is 22.0 Å². The minimum Gasteiger partial charge on any atom is -0.302 e. The first-order chi connectivity index (χ1) is 7.22. The molecule has 0 spiro atoms. The van der Waals surface area contributed by atoms with Crippen molar-refractivity contribution in [3.05, 3.63) is 33.4 Å². The SMILES string of the molecule is Cn1c(=O)sc2cc(CCCCl)ccc21. The number of aromatic nitrogens is 1.